The van der Waals surface area contributed by atoms with Gasteiger partial charge in [-0.3, -0.25) is 0 Å². The highest BCUT2D eigenvalue weighted by atomic mass is 16.3. The molecule has 0 saturated heterocycles. The van der Waals surface area contributed by atoms with Crippen LogP contribution in [0.15, 0.2) is 42.5 Å². The minimum absolute atomic E-state index is 0.104. The summed E-state index contributed by atoms with van der Waals surface area (Å²) in [6.45, 7) is 0. The highest BCUT2D eigenvalue weighted by Crippen LogP contribution is 2.25. The SMILES string of the molecule is CN(C)c1ccc(C=Cc2ccc(O)c(O)c2)cc1. The molecule has 0 spiro atoms. The third-order valence-electron chi connectivity index (χ3n) is 2.88. The molecule has 0 aromatic heterocycles. The van der Waals surface area contributed by atoms with Crippen molar-refractivity contribution < 1.29 is 10.2 Å². The first kappa shape index (κ1) is 13.0. The maximum Gasteiger partial charge on any atom is 0.157 e. The molecule has 0 heterocycles. The van der Waals surface area contributed by atoms with Crippen LogP contribution < -0.4 is 4.90 Å². The number of benzene rings is 2. The number of hydrogen-bond acceptors (Lipinski definition) is 3. The molecule has 3 heteroatoms. The summed E-state index contributed by atoms with van der Waals surface area (Å²) in [5.41, 5.74) is 3.07. The van der Waals surface area contributed by atoms with Crippen LogP contribution in [0.2, 0.25) is 0 Å². The van der Waals surface area contributed by atoms with Gasteiger partial charge in [0.25, 0.3) is 0 Å². The summed E-state index contributed by atoms with van der Waals surface area (Å²) in [6.07, 6.45) is 3.86. The molecule has 98 valence electrons. The molecule has 0 aliphatic heterocycles. The van der Waals surface area contributed by atoms with Crippen molar-refractivity contribution in [3.8, 4) is 11.5 Å². The molecule has 2 rings (SSSR count). The summed E-state index contributed by atoms with van der Waals surface area (Å²) >= 11 is 0. The molecule has 0 bridgehead atoms. The van der Waals surface area contributed by atoms with E-state index < -0.39 is 0 Å². The molecule has 3 nitrogen and oxygen atoms in total. The molecule has 2 N–H and O–H groups in total. The van der Waals surface area contributed by atoms with Gasteiger partial charge in [0.05, 0.1) is 0 Å². The van der Waals surface area contributed by atoms with Crippen molar-refractivity contribution in [2.75, 3.05) is 19.0 Å². The smallest absolute Gasteiger partial charge is 0.157 e. The van der Waals surface area contributed by atoms with Crippen LogP contribution in [0.1, 0.15) is 11.1 Å². The molecule has 2 aromatic carbocycles. The van der Waals surface area contributed by atoms with E-state index in [0.29, 0.717) is 0 Å². The van der Waals surface area contributed by atoms with Crippen LogP contribution in [0.4, 0.5) is 5.69 Å². The Bertz CT molecular complexity index is 586. The van der Waals surface area contributed by atoms with Crippen molar-refractivity contribution in [3.63, 3.8) is 0 Å². The summed E-state index contributed by atoms with van der Waals surface area (Å²) in [7, 11) is 4.01. The maximum atomic E-state index is 9.41. The first-order valence-corrected chi connectivity index (χ1v) is 6.04. The van der Waals surface area contributed by atoms with Gasteiger partial charge >= 0.3 is 0 Å². The Morgan fingerprint density at radius 2 is 1.37 bits per heavy atom. The Kier molecular flexibility index (Phi) is 3.76. The van der Waals surface area contributed by atoms with E-state index >= 15 is 0 Å². The van der Waals surface area contributed by atoms with E-state index in [4.69, 9.17) is 0 Å². The third-order valence-corrected chi connectivity index (χ3v) is 2.88. The van der Waals surface area contributed by atoms with Crippen molar-refractivity contribution >= 4 is 17.8 Å². The molecule has 19 heavy (non-hydrogen) atoms. The van der Waals surface area contributed by atoms with E-state index in [0.717, 1.165) is 16.8 Å². The lowest BCUT2D eigenvalue weighted by molar-refractivity contribution is 0.403. The molecule has 2 aromatic rings. The van der Waals surface area contributed by atoms with Gasteiger partial charge < -0.3 is 15.1 Å². The zero-order valence-corrected chi connectivity index (χ0v) is 11.0. The number of hydrogen-bond donors (Lipinski definition) is 2. The summed E-state index contributed by atoms with van der Waals surface area (Å²) in [6, 6.07) is 12.9. The van der Waals surface area contributed by atoms with Gasteiger partial charge in [0, 0.05) is 19.8 Å². The van der Waals surface area contributed by atoms with Gasteiger partial charge in [-0.25, -0.2) is 0 Å². The number of aromatic hydroxyl groups is 2. The van der Waals surface area contributed by atoms with Crippen LogP contribution in [0, 0.1) is 0 Å². The van der Waals surface area contributed by atoms with Crippen molar-refractivity contribution in [1.82, 2.24) is 0 Å². The quantitative estimate of drug-likeness (QED) is 0.653. The Morgan fingerprint density at radius 3 is 1.95 bits per heavy atom. The minimum atomic E-state index is -0.106. The molecule has 0 saturated carbocycles. The molecular weight excluding hydrogens is 238 g/mol. The average Bonchev–Trinajstić information content (AvgIpc) is 2.40. The Hall–Kier alpha value is -2.42. The molecular formula is C16H17NO2. The minimum Gasteiger partial charge on any atom is -0.504 e. The van der Waals surface area contributed by atoms with Crippen LogP contribution in [0.5, 0.6) is 11.5 Å². The standard InChI is InChI=1S/C16H17NO2/c1-17(2)14-8-5-12(6-9-14)3-4-13-7-10-15(18)16(19)11-13/h3-11,18-19H,1-2H3. The second kappa shape index (κ2) is 5.48. The average molecular weight is 255 g/mol. The monoisotopic (exact) mass is 255 g/mol. The maximum absolute atomic E-state index is 9.41. The summed E-state index contributed by atoms with van der Waals surface area (Å²) in [5, 5.41) is 18.6. The van der Waals surface area contributed by atoms with Crippen LogP contribution in [0.3, 0.4) is 0 Å². The van der Waals surface area contributed by atoms with Crippen LogP contribution in [0.25, 0.3) is 12.2 Å². The largest absolute Gasteiger partial charge is 0.504 e. The molecule has 0 aliphatic carbocycles. The third kappa shape index (κ3) is 3.28. The lowest BCUT2D eigenvalue weighted by atomic mass is 10.1. The summed E-state index contributed by atoms with van der Waals surface area (Å²) in [4.78, 5) is 2.05. The number of phenols is 2. The lowest BCUT2D eigenvalue weighted by Crippen LogP contribution is -2.07. The normalized spacial score (nSPS) is 10.8. The van der Waals surface area contributed by atoms with Crippen molar-refractivity contribution in [3.05, 3.63) is 53.6 Å². The molecule has 0 fully saturated rings. The number of anilines is 1. The number of rotatable bonds is 3. The fourth-order valence-electron chi connectivity index (χ4n) is 1.72. The Morgan fingerprint density at radius 1 is 0.789 bits per heavy atom. The molecule has 0 radical (unpaired) electrons. The van der Waals surface area contributed by atoms with Crippen LogP contribution >= 0.6 is 0 Å². The fourth-order valence-corrected chi connectivity index (χ4v) is 1.72. The van der Waals surface area contributed by atoms with Gasteiger partial charge in [0.1, 0.15) is 0 Å². The van der Waals surface area contributed by atoms with E-state index in [1.807, 2.05) is 55.4 Å². The first-order chi connectivity index (χ1) is 9.06. The second-order valence-electron chi connectivity index (χ2n) is 4.57. The molecule has 0 atom stereocenters. The second-order valence-corrected chi connectivity index (χ2v) is 4.57. The highest BCUT2D eigenvalue weighted by Gasteiger charge is 1.98. The van der Waals surface area contributed by atoms with Crippen molar-refractivity contribution in [1.29, 1.82) is 0 Å². The van der Waals surface area contributed by atoms with E-state index in [1.165, 1.54) is 12.1 Å². The topological polar surface area (TPSA) is 43.7 Å². The van der Waals surface area contributed by atoms with Gasteiger partial charge in [0.15, 0.2) is 11.5 Å². The fraction of sp³-hybridized carbons (Fsp3) is 0.125. The predicted octanol–water partition coefficient (Wildman–Crippen LogP) is 3.33. The van der Waals surface area contributed by atoms with Crippen LogP contribution in [-0.4, -0.2) is 24.3 Å². The Labute approximate surface area is 113 Å². The zero-order chi connectivity index (χ0) is 13.8. The summed E-state index contributed by atoms with van der Waals surface area (Å²) in [5.74, 6) is -0.211. The van der Waals surface area contributed by atoms with Gasteiger partial charge in [0.2, 0.25) is 0 Å². The predicted molar refractivity (Wildman–Crippen MR) is 79.5 cm³/mol. The van der Waals surface area contributed by atoms with Crippen molar-refractivity contribution in [2.24, 2.45) is 0 Å². The van der Waals surface area contributed by atoms with E-state index in [2.05, 4.69) is 0 Å². The van der Waals surface area contributed by atoms with E-state index in [1.54, 1.807) is 6.07 Å². The van der Waals surface area contributed by atoms with E-state index in [-0.39, 0.29) is 11.5 Å². The molecule has 0 unspecified atom stereocenters. The summed E-state index contributed by atoms with van der Waals surface area (Å²) < 4.78 is 0. The highest BCUT2D eigenvalue weighted by molar-refractivity contribution is 5.71. The molecule has 0 amide bonds. The van der Waals surface area contributed by atoms with Crippen LogP contribution in [-0.2, 0) is 0 Å². The lowest BCUT2D eigenvalue weighted by Gasteiger charge is -2.11. The molecule has 0 aliphatic rings. The number of nitrogens with zero attached hydrogens (tertiary/aromatic N) is 1. The van der Waals surface area contributed by atoms with Gasteiger partial charge in [-0.2, -0.15) is 0 Å². The van der Waals surface area contributed by atoms with Crippen molar-refractivity contribution in [2.45, 2.75) is 0 Å². The zero-order valence-electron chi connectivity index (χ0n) is 11.0. The van der Waals surface area contributed by atoms with Gasteiger partial charge in [-0.1, -0.05) is 30.4 Å². The first-order valence-electron chi connectivity index (χ1n) is 6.04. The van der Waals surface area contributed by atoms with Gasteiger partial charge in [-0.15, -0.1) is 0 Å². The number of phenolic OH excluding ortho intramolecular Hbond substituents is 2. The Balaban J connectivity index is 2.15. The van der Waals surface area contributed by atoms with E-state index in [9.17, 15) is 10.2 Å². The van der Waals surface area contributed by atoms with Gasteiger partial charge in [-0.05, 0) is 35.4 Å².